The number of carbonyl (C=O) groups excluding carboxylic acids is 2. The lowest BCUT2D eigenvalue weighted by Crippen LogP contribution is -2.52. The van der Waals surface area contributed by atoms with Crippen LogP contribution in [0.5, 0.6) is 0 Å². The number of benzene rings is 4. The summed E-state index contributed by atoms with van der Waals surface area (Å²) in [6.45, 7) is 0.443. The molecule has 2 aliphatic heterocycles. The highest BCUT2D eigenvalue weighted by Gasteiger charge is 2.64. The average Bonchev–Trinajstić information content (AvgIpc) is 3.35. The second-order valence-electron chi connectivity index (χ2n) is 9.61. The number of fused-ring (bicyclic) bond motifs is 5. The van der Waals surface area contributed by atoms with Gasteiger partial charge in [0.15, 0.2) is 11.0 Å². The maximum atomic E-state index is 14.7. The number of carbonyl (C=O) groups is 2. The molecule has 1 aromatic heterocycles. The van der Waals surface area contributed by atoms with Crippen LogP contribution in [-0.2, 0) is 23.4 Å². The molecule has 3 heterocycles. The normalized spacial score (nSPS) is 17.9. The van der Waals surface area contributed by atoms with Gasteiger partial charge in [0.1, 0.15) is 5.58 Å². The molecule has 38 heavy (non-hydrogen) atoms. The Morgan fingerprint density at radius 1 is 0.658 bits per heavy atom. The van der Waals surface area contributed by atoms with Crippen molar-refractivity contribution in [3.8, 4) is 0 Å². The molecular weight excluding hydrogens is 476 g/mol. The molecule has 0 aliphatic carbocycles. The largest absolute Gasteiger partial charge is 0.450 e. The topological polar surface area (TPSA) is 70.8 Å². The highest BCUT2D eigenvalue weighted by molar-refractivity contribution is 6.17. The fourth-order valence-electron chi connectivity index (χ4n) is 5.85. The van der Waals surface area contributed by atoms with Gasteiger partial charge in [-0.3, -0.25) is 14.4 Å². The van der Waals surface area contributed by atoms with Gasteiger partial charge in [0.25, 0.3) is 11.8 Å². The molecule has 0 N–H and O–H groups in total. The summed E-state index contributed by atoms with van der Waals surface area (Å²) in [5.74, 6) is -0.890. The van der Waals surface area contributed by atoms with Crippen molar-refractivity contribution in [1.82, 2.24) is 4.90 Å². The molecular formula is C32H22N2O4. The van der Waals surface area contributed by atoms with Crippen LogP contribution >= 0.6 is 0 Å². The minimum atomic E-state index is -1.64. The van der Waals surface area contributed by atoms with Gasteiger partial charge in [0.2, 0.25) is 5.76 Å². The van der Waals surface area contributed by atoms with Gasteiger partial charge in [0.05, 0.1) is 23.2 Å². The van der Waals surface area contributed by atoms with Gasteiger partial charge >= 0.3 is 0 Å². The molecule has 184 valence electrons. The van der Waals surface area contributed by atoms with Crippen LogP contribution in [0.1, 0.15) is 32.8 Å². The molecule has 1 spiro atoms. The van der Waals surface area contributed by atoms with Gasteiger partial charge in [-0.1, -0.05) is 91.0 Å². The second-order valence-corrected chi connectivity index (χ2v) is 9.61. The Kier molecular flexibility index (Phi) is 4.85. The van der Waals surface area contributed by atoms with E-state index in [-0.39, 0.29) is 29.2 Å². The molecule has 1 unspecified atom stereocenters. The second kappa shape index (κ2) is 8.28. The molecule has 6 nitrogen and oxygen atoms in total. The predicted molar refractivity (Wildman–Crippen MR) is 144 cm³/mol. The maximum absolute atomic E-state index is 14.7. The van der Waals surface area contributed by atoms with E-state index in [9.17, 15) is 14.4 Å². The summed E-state index contributed by atoms with van der Waals surface area (Å²) in [5.41, 5.74) is 1.47. The van der Waals surface area contributed by atoms with E-state index in [2.05, 4.69) is 0 Å². The van der Waals surface area contributed by atoms with Crippen LogP contribution in [0.15, 0.2) is 118 Å². The molecule has 0 saturated heterocycles. The number of para-hydroxylation sites is 2. The number of hydrogen-bond acceptors (Lipinski definition) is 4. The molecule has 0 fully saturated rings. The lowest BCUT2D eigenvalue weighted by Gasteiger charge is -2.34. The van der Waals surface area contributed by atoms with Gasteiger partial charge in [-0.05, 0) is 29.3 Å². The Morgan fingerprint density at radius 3 is 2.00 bits per heavy atom. The van der Waals surface area contributed by atoms with Crippen LogP contribution in [-0.4, -0.2) is 16.7 Å². The van der Waals surface area contributed by atoms with E-state index < -0.39 is 11.4 Å². The van der Waals surface area contributed by atoms with Gasteiger partial charge in [-0.25, -0.2) is 0 Å². The van der Waals surface area contributed by atoms with Crippen LogP contribution in [0.2, 0.25) is 0 Å². The first-order chi connectivity index (χ1) is 18.6. The summed E-state index contributed by atoms with van der Waals surface area (Å²) in [5, 5.41) is 0.340. The lowest BCUT2D eigenvalue weighted by molar-refractivity contribution is -0.126. The van der Waals surface area contributed by atoms with Crippen molar-refractivity contribution in [2.45, 2.75) is 18.6 Å². The van der Waals surface area contributed by atoms with Gasteiger partial charge in [0, 0.05) is 12.1 Å². The fourth-order valence-corrected chi connectivity index (χ4v) is 5.85. The van der Waals surface area contributed by atoms with Crippen LogP contribution < -0.4 is 10.3 Å². The SMILES string of the molecule is O=C1c2oc3ccccc3c(=O)c2C2(C(=O)N(Cc3ccccc3)c3ccccc32)N1Cc1ccccc1. The third-order valence-electron chi connectivity index (χ3n) is 7.51. The van der Waals surface area contributed by atoms with Crippen molar-refractivity contribution < 1.29 is 14.0 Å². The quantitative estimate of drug-likeness (QED) is 0.340. The number of rotatable bonds is 4. The average molecular weight is 499 g/mol. The molecule has 1 atom stereocenters. The summed E-state index contributed by atoms with van der Waals surface area (Å²) >= 11 is 0. The Morgan fingerprint density at radius 2 is 1.26 bits per heavy atom. The van der Waals surface area contributed by atoms with Gasteiger partial charge < -0.3 is 14.2 Å². The van der Waals surface area contributed by atoms with Gasteiger partial charge in [-0.15, -0.1) is 0 Å². The van der Waals surface area contributed by atoms with Crippen LogP contribution in [0.3, 0.4) is 0 Å². The summed E-state index contributed by atoms with van der Waals surface area (Å²) in [4.78, 5) is 46.2. The zero-order valence-electron chi connectivity index (χ0n) is 20.3. The fraction of sp³-hybridized carbons (Fsp3) is 0.0938. The Balaban J connectivity index is 1.52. The standard InChI is InChI=1S/C32H22N2O4/c35-28-23-15-7-10-18-26(23)38-29-27(28)32(34(30(29)36)20-22-13-5-2-6-14-22)24-16-8-9-17-25(24)33(31(32)37)19-21-11-3-1-4-12-21/h1-18H,19-20H2. The van der Waals surface area contributed by atoms with Crippen LogP contribution in [0, 0.1) is 0 Å². The summed E-state index contributed by atoms with van der Waals surface area (Å²) in [6, 6.07) is 33.4. The first kappa shape index (κ1) is 22.2. The number of anilines is 1. The minimum absolute atomic E-state index is 0.0747. The lowest BCUT2D eigenvalue weighted by atomic mass is 9.83. The molecule has 4 aromatic carbocycles. The van der Waals surface area contributed by atoms with E-state index >= 15 is 0 Å². The van der Waals surface area contributed by atoms with E-state index in [0.717, 1.165) is 11.1 Å². The third kappa shape index (κ3) is 2.97. The maximum Gasteiger partial charge on any atom is 0.291 e. The number of nitrogens with zero attached hydrogens (tertiary/aromatic N) is 2. The third-order valence-corrected chi connectivity index (χ3v) is 7.51. The van der Waals surface area contributed by atoms with E-state index in [0.29, 0.717) is 28.8 Å². The molecule has 0 saturated carbocycles. The van der Waals surface area contributed by atoms with Crippen molar-refractivity contribution in [3.63, 3.8) is 0 Å². The molecule has 2 aliphatic rings. The monoisotopic (exact) mass is 498 g/mol. The number of amides is 2. The first-order valence-electron chi connectivity index (χ1n) is 12.5. The summed E-state index contributed by atoms with van der Waals surface area (Å²) in [7, 11) is 0. The highest BCUT2D eigenvalue weighted by Crippen LogP contribution is 2.53. The Hall–Kier alpha value is -4.97. The van der Waals surface area contributed by atoms with Crippen LogP contribution in [0.25, 0.3) is 11.0 Å². The number of hydrogen-bond donors (Lipinski definition) is 0. The van der Waals surface area contributed by atoms with Crippen molar-refractivity contribution in [3.05, 3.63) is 147 Å². The smallest absolute Gasteiger partial charge is 0.291 e. The highest BCUT2D eigenvalue weighted by atomic mass is 16.3. The van der Waals surface area contributed by atoms with Crippen molar-refractivity contribution in [1.29, 1.82) is 0 Å². The van der Waals surface area contributed by atoms with Crippen molar-refractivity contribution in [2.24, 2.45) is 0 Å². The molecule has 0 bridgehead atoms. The molecule has 7 rings (SSSR count). The van der Waals surface area contributed by atoms with Crippen molar-refractivity contribution >= 4 is 28.5 Å². The van der Waals surface area contributed by atoms with E-state index in [4.69, 9.17) is 4.42 Å². The molecule has 2 amide bonds. The van der Waals surface area contributed by atoms with E-state index in [1.165, 1.54) is 4.90 Å². The van der Waals surface area contributed by atoms with Crippen LogP contribution in [0.4, 0.5) is 5.69 Å². The predicted octanol–water partition coefficient (Wildman–Crippen LogP) is 5.24. The molecule has 0 radical (unpaired) electrons. The zero-order valence-corrected chi connectivity index (χ0v) is 20.3. The Bertz CT molecular complexity index is 1800. The Labute approximate surface area is 218 Å². The van der Waals surface area contributed by atoms with Crippen molar-refractivity contribution in [2.75, 3.05) is 4.90 Å². The summed E-state index contributed by atoms with van der Waals surface area (Å²) in [6.07, 6.45) is 0. The first-order valence-corrected chi connectivity index (χ1v) is 12.5. The minimum Gasteiger partial charge on any atom is -0.450 e. The molecule has 6 heteroatoms. The van der Waals surface area contributed by atoms with E-state index in [1.54, 1.807) is 29.2 Å². The molecule has 5 aromatic rings. The van der Waals surface area contributed by atoms with E-state index in [1.807, 2.05) is 84.9 Å². The van der Waals surface area contributed by atoms with Gasteiger partial charge in [-0.2, -0.15) is 0 Å². The zero-order chi connectivity index (χ0) is 25.9. The summed E-state index contributed by atoms with van der Waals surface area (Å²) < 4.78 is 6.11.